The first-order valence-corrected chi connectivity index (χ1v) is 8.22. The predicted molar refractivity (Wildman–Crippen MR) is 90.5 cm³/mol. The van der Waals surface area contributed by atoms with Crippen LogP contribution < -0.4 is 5.32 Å². The number of aromatic nitrogens is 1. The Morgan fingerprint density at radius 1 is 1.10 bits per heavy atom. The van der Waals surface area contributed by atoms with Crippen LogP contribution in [0.2, 0.25) is 0 Å². The molecule has 1 aromatic heterocycles. The summed E-state index contributed by atoms with van der Waals surface area (Å²) in [5.74, 6) is 0. The zero-order chi connectivity index (χ0) is 14.9. The summed E-state index contributed by atoms with van der Waals surface area (Å²) in [6.45, 7) is 6.65. The van der Waals surface area contributed by atoms with E-state index in [0.29, 0.717) is 6.04 Å². The molecule has 1 N–H and O–H groups in total. The first-order valence-electron chi connectivity index (χ1n) is 8.22. The van der Waals surface area contributed by atoms with Crippen LogP contribution in [0.15, 0.2) is 48.8 Å². The molecule has 21 heavy (non-hydrogen) atoms. The van der Waals surface area contributed by atoms with Crippen molar-refractivity contribution in [1.29, 1.82) is 0 Å². The third-order valence-corrected chi connectivity index (χ3v) is 3.95. The molecular weight excluding hydrogens is 256 g/mol. The lowest BCUT2D eigenvalue weighted by Gasteiger charge is -2.11. The van der Waals surface area contributed by atoms with Crippen molar-refractivity contribution in [2.24, 2.45) is 0 Å². The Bertz CT molecular complexity index is 501. The van der Waals surface area contributed by atoms with Gasteiger partial charge in [-0.25, -0.2) is 0 Å². The summed E-state index contributed by atoms with van der Waals surface area (Å²) in [6, 6.07) is 13.5. The summed E-state index contributed by atoms with van der Waals surface area (Å²) < 4.78 is 2.32. The van der Waals surface area contributed by atoms with E-state index >= 15 is 0 Å². The zero-order valence-electron chi connectivity index (χ0n) is 13.4. The minimum atomic E-state index is 0.454. The highest BCUT2D eigenvalue weighted by atomic mass is 15.0. The Hall–Kier alpha value is -1.54. The second-order valence-corrected chi connectivity index (χ2v) is 5.80. The summed E-state index contributed by atoms with van der Waals surface area (Å²) in [5.41, 5.74) is 2.84. The Morgan fingerprint density at radius 2 is 1.90 bits per heavy atom. The van der Waals surface area contributed by atoms with Gasteiger partial charge in [0.1, 0.15) is 0 Å². The standard InChI is InChI=1S/C19H28N2/c1-3-13-20-17(2)19-12-15-21(16-19)14-8-7-11-18-9-5-4-6-10-18/h4-6,9-10,12,15-17,20H,3,7-8,11,13-14H2,1-2H3. The zero-order valence-corrected chi connectivity index (χ0v) is 13.4. The number of benzene rings is 1. The van der Waals surface area contributed by atoms with Gasteiger partial charge in [-0.1, -0.05) is 37.3 Å². The normalized spacial score (nSPS) is 12.5. The molecular formula is C19H28N2. The van der Waals surface area contributed by atoms with Crippen molar-refractivity contribution >= 4 is 0 Å². The van der Waals surface area contributed by atoms with Crippen LogP contribution in [0.1, 0.15) is 50.3 Å². The van der Waals surface area contributed by atoms with Gasteiger partial charge in [-0.2, -0.15) is 0 Å². The van der Waals surface area contributed by atoms with Gasteiger partial charge in [-0.15, -0.1) is 0 Å². The smallest absolute Gasteiger partial charge is 0.0306 e. The van der Waals surface area contributed by atoms with Crippen molar-refractivity contribution in [3.05, 3.63) is 59.9 Å². The van der Waals surface area contributed by atoms with E-state index in [1.807, 2.05) is 0 Å². The molecule has 0 amide bonds. The fraction of sp³-hybridized carbons (Fsp3) is 0.474. The maximum Gasteiger partial charge on any atom is 0.0306 e. The third-order valence-electron chi connectivity index (χ3n) is 3.95. The van der Waals surface area contributed by atoms with Crippen LogP contribution in [0.5, 0.6) is 0 Å². The Balaban J connectivity index is 1.70. The summed E-state index contributed by atoms with van der Waals surface area (Å²) >= 11 is 0. The highest BCUT2D eigenvalue weighted by molar-refractivity contribution is 5.15. The molecule has 0 aliphatic heterocycles. The molecule has 114 valence electrons. The largest absolute Gasteiger partial charge is 0.354 e. The van der Waals surface area contributed by atoms with E-state index in [0.717, 1.165) is 13.1 Å². The number of nitrogens with one attached hydrogen (secondary N) is 1. The highest BCUT2D eigenvalue weighted by Crippen LogP contribution is 2.13. The Morgan fingerprint density at radius 3 is 2.67 bits per heavy atom. The van der Waals surface area contributed by atoms with Crippen LogP contribution in [0.25, 0.3) is 0 Å². The molecule has 0 saturated carbocycles. The molecule has 0 aliphatic carbocycles. The Kier molecular flexibility index (Phi) is 6.55. The summed E-state index contributed by atoms with van der Waals surface area (Å²) in [5, 5.41) is 3.54. The second-order valence-electron chi connectivity index (χ2n) is 5.80. The maximum atomic E-state index is 3.54. The van der Waals surface area contributed by atoms with Crippen molar-refractivity contribution in [3.63, 3.8) is 0 Å². The van der Waals surface area contributed by atoms with Crippen molar-refractivity contribution in [2.45, 2.75) is 52.1 Å². The molecule has 0 saturated heterocycles. The molecule has 0 radical (unpaired) electrons. The number of hydrogen-bond acceptors (Lipinski definition) is 1. The molecule has 0 spiro atoms. The second kappa shape index (κ2) is 8.68. The molecule has 2 nitrogen and oxygen atoms in total. The molecule has 1 atom stereocenters. The van der Waals surface area contributed by atoms with E-state index < -0.39 is 0 Å². The topological polar surface area (TPSA) is 17.0 Å². The van der Waals surface area contributed by atoms with E-state index in [-0.39, 0.29) is 0 Å². The lowest BCUT2D eigenvalue weighted by atomic mass is 10.1. The van der Waals surface area contributed by atoms with Gasteiger partial charge in [-0.05, 0) is 56.3 Å². The summed E-state index contributed by atoms with van der Waals surface area (Å²) in [6.07, 6.45) is 9.35. The van der Waals surface area contributed by atoms with Crippen LogP contribution in [0, 0.1) is 0 Å². The average molecular weight is 284 g/mol. The van der Waals surface area contributed by atoms with Gasteiger partial charge in [0, 0.05) is 25.0 Å². The fourth-order valence-corrected chi connectivity index (χ4v) is 2.60. The number of nitrogens with zero attached hydrogens (tertiary/aromatic N) is 1. The third kappa shape index (κ3) is 5.39. The first-order chi connectivity index (χ1) is 10.3. The summed E-state index contributed by atoms with van der Waals surface area (Å²) in [4.78, 5) is 0. The molecule has 2 aromatic rings. The van der Waals surface area contributed by atoms with Crippen molar-refractivity contribution in [1.82, 2.24) is 9.88 Å². The van der Waals surface area contributed by atoms with Crippen LogP contribution >= 0.6 is 0 Å². The first kappa shape index (κ1) is 15.8. The summed E-state index contributed by atoms with van der Waals surface area (Å²) in [7, 11) is 0. The van der Waals surface area contributed by atoms with Gasteiger partial charge in [-0.3, -0.25) is 0 Å². The van der Waals surface area contributed by atoms with Gasteiger partial charge in [0.2, 0.25) is 0 Å². The average Bonchev–Trinajstić information content (AvgIpc) is 2.99. The van der Waals surface area contributed by atoms with Gasteiger partial charge in [0.05, 0.1) is 0 Å². The molecule has 1 aromatic carbocycles. The van der Waals surface area contributed by atoms with Crippen LogP contribution in [-0.2, 0) is 13.0 Å². The molecule has 1 heterocycles. The molecule has 0 bridgehead atoms. The van der Waals surface area contributed by atoms with E-state index in [1.165, 1.54) is 36.8 Å². The minimum Gasteiger partial charge on any atom is -0.354 e. The maximum absolute atomic E-state index is 3.54. The number of rotatable bonds is 9. The van der Waals surface area contributed by atoms with Gasteiger partial charge in [0.25, 0.3) is 0 Å². The van der Waals surface area contributed by atoms with Gasteiger partial charge in [0.15, 0.2) is 0 Å². The molecule has 1 unspecified atom stereocenters. The van der Waals surface area contributed by atoms with Gasteiger partial charge < -0.3 is 9.88 Å². The quantitative estimate of drug-likeness (QED) is 0.667. The van der Waals surface area contributed by atoms with Crippen LogP contribution in [0.3, 0.4) is 0 Å². The minimum absolute atomic E-state index is 0.454. The van der Waals surface area contributed by atoms with Gasteiger partial charge >= 0.3 is 0 Å². The van der Waals surface area contributed by atoms with E-state index in [1.54, 1.807) is 0 Å². The SMILES string of the molecule is CCCNC(C)c1ccn(CCCCc2ccccc2)c1. The molecule has 0 fully saturated rings. The Labute approximate surface area is 129 Å². The van der Waals surface area contributed by atoms with E-state index in [4.69, 9.17) is 0 Å². The molecule has 2 rings (SSSR count). The van der Waals surface area contributed by atoms with Crippen molar-refractivity contribution in [3.8, 4) is 0 Å². The lowest BCUT2D eigenvalue weighted by Crippen LogP contribution is -2.18. The monoisotopic (exact) mass is 284 g/mol. The number of aryl methyl sites for hydroxylation is 2. The van der Waals surface area contributed by atoms with Crippen LogP contribution in [-0.4, -0.2) is 11.1 Å². The van der Waals surface area contributed by atoms with Crippen LogP contribution in [0.4, 0.5) is 0 Å². The van der Waals surface area contributed by atoms with Crippen molar-refractivity contribution < 1.29 is 0 Å². The van der Waals surface area contributed by atoms with Crippen molar-refractivity contribution in [2.75, 3.05) is 6.54 Å². The lowest BCUT2D eigenvalue weighted by molar-refractivity contribution is 0.565. The highest BCUT2D eigenvalue weighted by Gasteiger charge is 2.05. The molecule has 2 heteroatoms. The number of unbranched alkanes of at least 4 members (excludes halogenated alkanes) is 1. The molecule has 0 aliphatic rings. The predicted octanol–water partition coefficient (Wildman–Crippen LogP) is 4.57. The fourth-order valence-electron chi connectivity index (χ4n) is 2.60. The number of hydrogen-bond donors (Lipinski definition) is 1. The van der Waals surface area contributed by atoms with E-state index in [9.17, 15) is 0 Å². The van der Waals surface area contributed by atoms with E-state index in [2.05, 4.69) is 72.5 Å².